The summed E-state index contributed by atoms with van der Waals surface area (Å²) in [6, 6.07) is 7.73. The van der Waals surface area contributed by atoms with Crippen molar-refractivity contribution in [3.8, 4) is 0 Å². The first-order valence-electron chi connectivity index (χ1n) is 5.44. The fourth-order valence-corrected chi connectivity index (χ4v) is 2.02. The predicted molar refractivity (Wildman–Crippen MR) is 63.8 cm³/mol. The fraction of sp³-hybridized carbons (Fsp3) is 0.308. The summed E-state index contributed by atoms with van der Waals surface area (Å²) in [6.07, 6.45) is 4.23. The van der Waals surface area contributed by atoms with Gasteiger partial charge in [0.1, 0.15) is 0 Å². The van der Waals surface area contributed by atoms with Gasteiger partial charge in [-0.15, -0.1) is 0 Å². The maximum absolute atomic E-state index is 10.8. The highest BCUT2D eigenvalue weighted by Gasteiger charge is 2.20. The van der Waals surface area contributed by atoms with Crippen molar-refractivity contribution in [1.82, 2.24) is 0 Å². The summed E-state index contributed by atoms with van der Waals surface area (Å²) < 4.78 is 0. The van der Waals surface area contributed by atoms with Gasteiger partial charge in [-0.2, -0.15) is 0 Å². The van der Waals surface area contributed by atoms with Gasteiger partial charge < -0.3 is 10.8 Å². The van der Waals surface area contributed by atoms with E-state index in [1.165, 1.54) is 5.57 Å². The number of rotatable bonds is 2. The van der Waals surface area contributed by atoms with Crippen molar-refractivity contribution in [3.63, 3.8) is 0 Å². The molecule has 0 aromatic heterocycles. The third-order valence-corrected chi connectivity index (χ3v) is 3.04. The molecule has 2 rings (SSSR count). The highest BCUT2D eigenvalue weighted by atomic mass is 16.4. The molecule has 0 spiro atoms. The van der Waals surface area contributed by atoms with Gasteiger partial charge in [0.05, 0.1) is 5.92 Å². The fourth-order valence-electron chi connectivity index (χ4n) is 2.02. The predicted octanol–water partition coefficient (Wildman–Crippen LogP) is 2.54. The first-order chi connectivity index (χ1) is 7.66. The number of carboxylic acid groups (broad SMARTS) is 1. The van der Waals surface area contributed by atoms with E-state index >= 15 is 0 Å². The van der Waals surface area contributed by atoms with E-state index in [-0.39, 0.29) is 5.92 Å². The van der Waals surface area contributed by atoms with E-state index in [4.69, 9.17) is 10.8 Å². The molecule has 0 saturated heterocycles. The molecular formula is C13H15NO2. The van der Waals surface area contributed by atoms with Crippen LogP contribution in [0.3, 0.4) is 0 Å². The molecule has 3 nitrogen and oxygen atoms in total. The van der Waals surface area contributed by atoms with Gasteiger partial charge >= 0.3 is 5.97 Å². The van der Waals surface area contributed by atoms with Crippen LogP contribution in [-0.2, 0) is 4.79 Å². The van der Waals surface area contributed by atoms with Crippen molar-refractivity contribution >= 4 is 17.2 Å². The molecule has 84 valence electrons. The average Bonchev–Trinajstić information content (AvgIpc) is 2.30. The van der Waals surface area contributed by atoms with Gasteiger partial charge in [-0.05, 0) is 42.5 Å². The Balaban J connectivity index is 2.13. The largest absolute Gasteiger partial charge is 0.481 e. The van der Waals surface area contributed by atoms with E-state index < -0.39 is 5.97 Å². The zero-order valence-electron chi connectivity index (χ0n) is 9.02. The molecule has 3 N–H and O–H groups in total. The number of hydrogen-bond acceptors (Lipinski definition) is 2. The quantitative estimate of drug-likeness (QED) is 0.748. The second-order valence-corrected chi connectivity index (χ2v) is 4.16. The van der Waals surface area contributed by atoms with Gasteiger partial charge in [-0.3, -0.25) is 4.79 Å². The van der Waals surface area contributed by atoms with Crippen LogP contribution in [0.4, 0.5) is 5.69 Å². The van der Waals surface area contributed by atoms with E-state index in [1.54, 1.807) is 0 Å². The summed E-state index contributed by atoms with van der Waals surface area (Å²) in [4.78, 5) is 10.8. The molecule has 0 aliphatic heterocycles. The van der Waals surface area contributed by atoms with Gasteiger partial charge in [0, 0.05) is 5.69 Å². The summed E-state index contributed by atoms with van der Waals surface area (Å²) >= 11 is 0. The molecule has 0 saturated carbocycles. The molecular weight excluding hydrogens is 202 g/mol. The van der Waals surface area contributed by atoms with Crippen molar-refractivity contribution < 1.29 is 9.90 Å². The van der Waals surface area contributed by atoms with Gasteiger partial charge in [-0.1, -0.05) is 18.2 Å². The van der Waals surface area contributed by atoms with E-state index in [2.05, 4.69) is 0 Å². The minimum absolute atomic E-state index is 0.211. The van der Waals surface area contributed by atoms with Gasteiger partial charge in [0.25, 0.3) is 0 Å². The molecule has 1 aliphatic carbocycles. The highest BCUT2D eigenvalue weighted by molar-refractivity contribution is 5.74. The number of benzene rings is 1. The number of hydrogen-bond donors (Lipinski definition) is 2. The summed E-state index contributed by atoms with van der Waals surface area (Å²) in [6.45, 7) is 0. The third-order valence-electron chi connectivity index (χ3n) is 3.04. The van der Waals surface area contributed by atoms with E-state index in [0.29, 0.717) is 6.42 Å². The van der Waals surface area contributed by atoms with Crippen LogP contribution in [0.25, 0.3) is 5.57 Å². The Bertz CT molecular complexity index is 420. The lowest BCUT2D eigenvalue weighted by Crippen LogP contribution is -2.15. The summed E-state index contributed by atoms with van der Waals surface area (Å²) in [5.74, 6) is -0.898. The molecule has 0 amide bonds. The van der Waals surface area contributed by atoms with Gasteiger partial charge in [0.2, 0.25) is 0 Å². The van der Waals surface area contributed by atoms with Crippen LogP contribution in [0, 0.1) is 5.92 Å². The number of carboxylic acids is 1. The Morgan fingerprint density at radius 3 is 2.50 bits per heavy atom. The summed E-state index contributed by atoms with van der Waals surface area (Å²) in [5.41, 5.74) is 8.76. The van der Waals surface area contributed by atoms with Crippen LogP contribution in [0.2, 0.25) is 0 Å². The lowest BCUT2D eigenvalue weighted by molar-refractivity contribution is -0.141. The Kier molecular flexibility index (Phi) is 2.95. The minimum Gasteiger partial charge on any atom is -0.481 e. The number of allylic oxidation sites excluding steroid dienone is 2. The highest BCUT2D eigenvalue weighted by Crippen LogP contribution is 2.30. The standard InChI is InChI=1S/C13H15NO2/c14-12-7-5-10(6-8-12)9-1-3-11(4-2-9)13(15)16/h1,5-8,11H,2-4,14H2,(H,15,16). The maximum Gasteiger partial charge on any atom is 0.306 e. The van der Waals surface area contributed by atoms with Crippen LogP contribution in [0.15, 0.2) is 30.3 Å². The van der Waals surface area contributed by atoms with Gasteiger partial charge in [-0.25, -0.2) is 0 Å². The zero-order valence-corrected chi connectivity index (χ0v) is 9.02. The van der Waals surface area contributed by atoms with E-state index in [1.807, 2.05) is 30.3 Å². The van der Waals surface area contributed by atoms with Crippen molar-refractivity contribution in [3.05, 3.63) is 35.9 Å². The summed E-state index contributed by atoms with van der Waals surface area (Å²) in [5, 5.41) is 8.89. The second-order valence-electron chi connectivity index (χ2n) is 4.16. The molecule has 1 aromatic rings. The Morgan fingerprint density at radius 2 is 2.00 bits per heavy atom. The maximum atomic E-state index is 10.8. The normalized spacial score (nSPS) is 20.2. The average molecular weight is 217 g/mol. The smallest absolute Gasteiger partial charge is 0.306 e. The lowest BCUT2D eigenvalue weighted by atomic mass is 9.87. The van der Waals surface area contributed by atoms with E-state index in [0.717, 1.165) is 24.1 Å². The van der Waals surface area contributed by atoms with Crippen LogP contribution in [0.5, 0.6) is 0 Å². The molecule has 3 heteroatoms. The molecule has 0 bridgehead atoms. The number of anilines is 1. The lowest BCUT2D eigenvalue weighted by Gasteiger charge is -2.18. The molecule has 1 atom stereocenters. The third kappa shape index (κ3) is 2.24. The molecule has 16 heavy (non-hydrogen) atoms. The molecule has 1 unspecified atom stereocenters. The number of nitrogen functional groups attached to an aromatic ring is 1. The molecule has 0 radical (unpaired) electrons. The monoisotopic (exact) mass is 217 g/mol. The van der Waals surface area contributed by atoms with Crippen LogP contribution in [-0.4, -0.2) is 11.1 Å². The topological polar surface area (TPSA) is 63.3 Å². The molecule has 0 heterocycles. The molecule has 1 aromatic carbocycles. The van der Waals surface area contributed by atoms with E-state index in [9.17, 15) is 4.79 Å². The number of carbonyl (C=O) groups is 1. The first-order valence-corrected chi connectivity index (χ1v) is 5.44. The zero-order chi connectivity index (χ0) is 11.5. The Morgan fingerprint density at radius 1 is 1.31 bits per heavy atom. The molecule has 1 aliphatic rings. The Labute approximate surface area is 94.6 Å². The van der Waals surface area contributed by atoms with Crippen molar-refractivity contribution in [1.29, 1.82) is 0 Å². The number of aliphatic carboxylic acids is 1. The first kappa shape index (κ1) is 10.7. The second kappa shape index (κ2) is 4.39. The minimum atomic E-state index is -0.687. The van der Waals surface area contributed by atoms with Crippen molar-refractivity contribution in [2.45, 2.75) is 19.3 Å². The summed E-state index contributed by atoms with van der Waals surface area (Å²) in [7, 11) is 0. The van der Waals surface area contributed by atoms with Crippen LogP contribution in [0.1, 0.15) is 24.8 Å². The van der Waals surface area contributed by atoms with Gasteiger partial charge in [0.15, 0.2) is 0 Å². The SMILES string of the molecule is Nc1ccc(C2=CCC(C(=O)O)CC2)cc1. The number of nitrogens with two attached hydrogens (primary N) is 1. The van der Waals surface area contributed by atoms with Crippen LogP contribution >= 0.6 is 0 Å². The Hall–Kier alpha value is -1.77. The van der Waals surface area contributed by atoms with Crippen molar-refractivity contribution in [2.75, 3.05) is 5.73 Å². The molecule has 0 fully saturated rings. The van der Waals surface area contributed by atoms with Crippen molar-refractivity contribution in [2.24, 2.45) is 5.92 Å². The van der Waals surface area contributed by atoms with Crippen LogP contribution < -0.4 is 5.73 Å².